The molecule has 0 unspecified atom stereocenters. The molecule has 0 saturated carbocycles. The Bertz CT molecular complexity index is 3070. The molecule has 0 aliphatic carbocycles. The van der Waals surface area contributed by atoms with Gasteiger partial charge in [0.1, 0.15) is 22.3 Å². The number of pyridine rings is 2. The van der Waals surface area contributed by atoms with Crippen molar-refractivity contribution in [2.24, 2.45) is 0 Å². The molecule has 0 saturated heterocycles. The van der Waals surface area contributed by atoms with Gasteiger partial charge in [0, 0.05) is 37.7 Å². The smallest absolute Gasteiger partial charge is 0.338 e. The predicted molar refractivity (Wildman–Crippen MR) is 174 cm³/mol. The van der Waals surface area contributed by atoms with Crippen molar-refractivity contribution in [2.45, 2.75) is 0 Å². The number of hydrogen-bond donors (Lipinski definition) is 0. The Morgan fingerprint density at radius 3 is 1.39 bits per heavy atom. The lowest BCUT2D eigenvalue weighted by Crippen LogP contribution is -2.27. The lowest BCUT2D eigenvalue weighted by atomic mass is 9.96. The first-order valence-electron chi connectivity index (χ1n) is 14.3. The van der Waals surface area contributed by atoms with E-state index in [1.165, 1.54) is 0 Å². The number of furan rings is 2. The van der Waals surface area contributed by atoms with Gasteiger partial charge in [-0.2, -0.15) is 0 Å². The van der Waals surface area contributed by atoms with Gasteiger partial charge in [-0.15, -0.1) is 0 Å². The van der Waals surface area contributed by atoms with Crippen LogP contribution in [0.4, 0.5) is 0 Å². The average Bonchev–Trinajstić information content (AvgIpc) is 3.62. The van der Waals surface area contributed by atoms with E-state index in [1.807, 2.05) is 72.8 Å². The summed E-state index contributed by atoms with van der Waals surface area (Å²) in [6, 6.07) is 29.8. The fraction of sp³-hybridized carbons (Fsp3) is 0. The first-order chi connectivity index (χ1) is 21.6. The Labute approximate surface area is 243 Å². The van der Waals surface area contributed by atoms with Crippen molar-refractivity contribution in [3.05, 3.63) is 128 Å². The number of para-hydroxylation sites is 2. The molecule has 5 heterocycles. The van der Waals surface area contributed by atoms with Crippen molar-refractivity contribution in [2.75, 3.05) is 0 Å². The topological polar surface area (TPSA) is 86.3 Å². The summed E-state index contributed by atoms with van der Waals surface area (Å²) in [5, 5.41) is 6.21. The zero-order valence-corrected chi connectivity index (χ0v) is 22.7. The molecule has 6 aromatic carbocycles. The van der Waals surface area contributed by atoms with E-state index in [-0.39, 0.29) is 16.5 Å². The first kappa shape index (κ1) is 22.4. The Morgan fingerprint density at radius 1 is 0.409 bits per heavy atom. The highest BCUT2D eigenvalue weighted by atomic mass is 16.3. The van der Waals surface area contributed by atoms with Crippen LogP contribution in [-0.2, 0) is 0 Å². The third-order valence-electron chi connectivity index (χ3n) is 9.43. The normalized spacial score (nSPS) is 12.8. The molecule has 7 heteroatoms. The Kier molecular flexibility index (Phi) is 3.67. The zero-order valence-electron chi connectivity index (χ0n) is 22.7. The monoisotopic (exact) mass is 568 g/mol. The van der Waals surface area contributed by atoms with Gasteiger partial charge in [-0.05, 0) is 53.9 Å². The first-order valence-corrected chi connectivity index (χ1v) is 14.3. The van der Waals surface area contributed by atoms with Gasteiger partial charge in [0.05, 0.1) is 32.8 Å². The summed E-state index contributed by atoms with van der Waals surface area (Å²) in [6.45, 7) is 0. The van der Waals surface area contributed by atoms with E-state index in [0.717, 1.165) is 16.2 Å². The second-order valence-corrected chi connectivity index (χ2v) is 11.5. The standard InChI is InChI=1S/C37H16N2O5/c40-35-20-11-9-17-10-12-21-34-28(17)33(20)38(22-13-15-26-29(31(22)35)18-5-1-3-7-24(18)43-26)37(42)39(34)23-14-16-27-30(32(23)36(21)41)19-6-2-4-8-25(19)44-27/h1-16H. The van der Waals surface area contributed by atoms with Crippen molar-refractivity contribution in [3.63, 3.8) is 0 Å². The quantitative estimate of drug-likeness (QED) is 0.139. The van der Waals surface area contributed by atoms with E-state index < -0.39 is 0 Å². The van der Waals surface area contributed by atoms with Gasteiger partial charge in [0.2, 0.25) is 0 Å². The van der Waals surface area contributed by atoms with Gasteiger partial charge in [-0.3, -0.25) is 18.4 Å². The average molecular weight is 569 g/mol. The van der Waals surface area contributed by atoms with Crippen LogP contribution < -0.4 is 16.5 Å². The molecule has 44 heavy (non-hydrogen) atoms. The third kappa shape index (κ3) is 2.35. The second-order valence-electron chi connectivity index (χ2n) is 11.5. The van der Waals surface area contributed by atoms with E-state index in [9.17, 15) is 14.4 Å². The lowest BCUT2D eigenvalue weighted by molar-refractivity contribution is 0.669. The molecule has 0 aliphatic heterocycles. The Hall–Kier alpha value is -6.21. The minimum atomic E-state index is -0.361. The Balaban J connectivity index is 1.50. The molecule has 0 aliphatic rings. The van der Waals surface area contributed by atoms with Crippen LogP contribution in [0.2, 0.25) is 0 Å². The molecule has 11 rings (SSSR count). The molecule has 0 atom stereocenters. The van der Waals surface area contributed by atoms with E-state index >= 15 is 0 Å². The van der Waals surface area contributed by atoms with E-state index in [0.29, 0.717) is 82.1 Å². The molecule has 0 radical (unpaired) electrons. The van der Waals surface area contributed by atoms with Crippen molar-refractivity contribution >= 4 is 98.3 Å². The van der Waals surface area contributed by atoms with E-state index in [4.69, 9.17) is 8.83 Å². The van der Waals surface area contributed by atoms with Crippen LogP contribution in [-0.4, -0.2) is 8.80 Å². The Morgan fingerprint density at radius 2 is 0.886 bits per heavy atom. The fourth-order valence-corrected chi connectivity index (χ4v) is 7.66. The van der Waals surface area contributed by atoms with Crippen LogP contribution in [0.5, 0.6) is 0 Å². The maximum atomic E-state index is 15.0. The van der Waals surface area contributed by atoms with Gasteiger partial charge in [0.25, 0.3) is 0 Å². The molecule has 11 aromatic rings. The summed E-state index contributed by atoms with van der Waals surface area (Å²) < 4.78 is 15.5. The van der Waals surface area contributed by atoms with Crippen molar-refractivity contribution in [3.8, 4) is 0 Å². The molecule has 0 fully saturated rings. The van der Waals surface area contributed by atoms with Crippen molar-refractivity contribution in [1.82, 2.24) is 8.80 Å². The largest absolute Gasteiger partial charge is 0.456 e. The number of benzene rings is 6. The van der Waals surface area contributed by atoms with Crippen LogP contribution in [0.25, 0.3) is 98.3 Å². The summed E-state index contributed by atoms with van der Waals surface area (Å²) in [4.78, 5) is 43.7. The van der Waals surface area contributed by atoms with E-state index in [2.05, 4.69) is 0 Å². The van der Waals surface area contributed by atoms with Crippen molar-refractivity contribution < 1.29 is 8.83 Å². The predicted octanol–water partition coefficient (Wildman–Crippen LogP) is 7.56. The van der Waals surface area contributed by atoms with Crippen LogP contribution in [0.15, 0.2) is 120 Å². The molecule has 0 bridgehead atoms. The highest BCUT2D eigenvalue weighted by Crippen LogP contribution is 2.39. The van der Waals surface area contributed by atoms with Gasteiger partial charge >= 0.3 is 5.69 Å². The van der Waals surface area contributed by atoms with Gasteiger partial charge in [-0.1, -0.05) is 48.5 Å². The minimum Gasteiger partial charge on any atom is -0.456 e. The lowest BCUT2D eigenvalue weighted by Gasteiger charge is -2.18. The van der Waals surface area contributed by atoms with Crippen molar-refractivity contribution in [1.29, 1.82) is 0 Å². The minimum absolute atomic E-state index is 0.182. The molecular formula is C37H16N2O5. The number of nitrogens with zero attached hydrogens (tertiary/aromatic N) is 2. The highest BCUT2D eigenvalue weighted by molar-refractivity contribution is 6.26. The molecule has 204 valence electrons. The molecule has 0 amide bonds. The zero-order chi connectivity index (χ0) is 29.0. The van der Waals surface area contributed by atoms with Gasteiger partial charge in [0.15, 0.2) is 10.9 Å². The summed E-state index contributed by atoms with van der Waals surface area (Å²) in [7, 11) is 0. The molecular weight excluding hydrogens is 552 g/mol. The summed E-state index contributed by atoms with van der Waals surface area (Å²) in [5.41, 5.74) is 3.78. The number of hydrogen-bond acceptors (Lipinski definition) is 5. The SMILES string of the molecule is O=c1c2ccc3ccc4c(=O)c5c6c(ccc5n5c(=O)n(c7ccc8oc9ccccc9c8c17)c2c3c45)oc1ccccc16. The molecule has 0 N–H and O–H groups in total. The van der Waals surface area contributed by atoms with Crippen LogP contribution >= 0.6 is 0 Å². The van der Waals surface area contributed by atoms with Gasteiger partial charge < -0.3 is 8.83 Å². The molecule has 0 spiro atoms. The fourth-order valence-electron chi connectivity index (χ4n) is 7.66. The highest BCUT2D eigenvalue weighted by Gasteiger charge is 2.25. The number of rotatable bonds is 0. The maximum Gasteiger partial charge on any atom is 0.338 e. The summed E-state index contributed by atoms with van der Waals surface area (Å²) >= 11 is 0. The number of aromatic nitrogens is 2. The third-order valence-corrected chi connectivity index (χ3v) is 9.43. The van der Waals surface area contributed by atoms with E-state index in [1.54, 1.807) is 33.1 Å². The molecule has 7 nitrogen and oxygen atoms in total. The number of fused-ring (bicyclic) bond motifs is 12. The van der Waals surface area contributed by atoms with Crippen LogP contribution in [0.3, 0.4) is 0 Å². The summed E-state index contributed by atoms with van der Waals surface area (Å²) in [6.07, 6.45) is 0. The summed E-state index contributed by atoms with van der Waals surface area (Å²) in [5.74, 6) is 0. The molecule has 5 aromatic heterocycles. The second kappa shape index (κ2) is 7.22. The van der Waals surface area contributed by atoms with Crippen LogP contribution in [0.1, 0.15) is 0 Å². The maximum absolute atomic E-state index is 15.0. The van der Waals surface area contributed by atoms with Crippen LogP contribution in [0, 0.1) is 0 Å². The van der Waals surface area contributed by atoms with Gasteiger partial charge in [-0.25, -0.2) is 4.79 Å².